The van der Waals surface area contributed by atoms with Gasteiger partial charge in [-0.25, -0.2) is 4.98 Å². The molecule has 3 heteroatoms. The van der Waals surface area contributed by atoms with Gasteiger partial charge in [-0.05, 0) is 31.1 Å². The van der Waals surface area contributed by atoms with E-state index in [9.17, 15) is 0 Å². The maximum absolute atomic E-state index is 4.75. The predicted octanol–water partition coefficient (Wildman–Crippen LogP) is 4.72. The van der Waals surface area contributed by atoms with Crippen LogP contribution >= 0.6 is 11.3 Å². The van der Waals surface area contributed by atoms with Crippen LogP contribution in [0.2, 0.25) is 0 Å². The topological polar surface area (TPSA) is 24.9 Å². The summed E-state index contributed by atoms with van der Waals surface area (Å²) < 4.78 is 0. The molecule has 1 aromatic carbocycles. The van der Waals surface area contributed by atoms with Crippen LogP contribution in [0.4, 0.5) is 0 Å². The van der Waals surface area contributed by atoms with E-state index >= 15 is 0 Å². The Morgan fingerprint density at radius 1 is 1.14 bits per heavy atom. The molecule has 1 aliphatic rings. The third-order valence-corrected chi connectivity index (χ3v) is 5.61. The summed E-state index contributed by atoms with van der Waals surface area (Å²) in [6.07, 6.45) is 3.96. The Morgan fingerprint density at radius 3 is 2.71 bits per heavy atom. The molecule has 0 radical (unpaired) electrons. The Morgan fingerprint density at radius 2 is 1.95 bits per heavy atom. The van der Waals surface area contributed by atoms with E-state index in [-0.39, 0.29) is 0 Å². The lowest BCUT2D eigenvalue weighted by Crippen LogP contribution is -2.35. The summed E-state index contributed by atoms with van der Waals surface area (Å²) in [5.74, 6) is 1.72. The highest BCUT2D eigenvalue weighted by atomic mass is 32.1. The molecule has 112 valence electrons. The van der Waals surface area contributed by atoms with E-state index in [0.29, 0.717) is 6.04 Å². The van der Waals surface area contributed by atoms with Gasteiger partial charge in [0.15, 0.2) is 0 Å². The highest BCUT2D eigenvalue weighted by Crippen LogP contribution is 2.29. The van der Waals surface area contributed by atoms with Gasteiger partial charge in [-0.3, -0.25) is 0 Å². The molecule has 2 aromatic rings. The molecule has 3 rings (SSSR count). The van der Waals surface area contributed by atoms with Crippen LogP contribution < -0.4 is 5.32 Å². The van der Waals surface area contributed by atoms with Crippen LogP contribution in [0.1, 0.15) is 38.1 Å². The van der Waals surface area contributed by atoms with Crippen LogP contribution in [0.5, 0.6) is 0 Å². The van der Waals surface area contributed by atoms with E-state index in [4.69, 9.17) is 4.98 Å². The second kappa shape index (κ2) is 6.71. The summed E-state index contributed by atoms with van der Waals surface area (Å²) in [5.41, 5.74) is 2.31. The fourth-order valence-corrected chi connectivity index (χ4v) is 3.85. The number of rotatable bonds is 4. The van der Waals surface area contributed by atoms with E-state index in [2.05, 4.69) is 48.8 Å². The standard InChI is InChI=1S/C18H24N2S/c1-13-8-9-16(10-14(13)2)19-11-18-20-17(12-21-18)15-6-4-3-5-7-15/h3-7,12-14,16,19H,8-11H2,1-2H3. The van der Waals surface area contributed by atoms with Crippen LogP contribution in [0.15, 0.2) is 35.7 Å². The normalized spacial score (nSPS) is 25.9. The van der Waals surface area contributed by atoms with Crippen molar-refractivity contribution in [1.82, 2.24) is 10.3 Å². The fraction of sp³-hybridized carbons (Fsp3) is 0.500. The maximum Gasteiger partial charge on any atom is 0.107 e. The summed E-state index contributed by atoms with van der Waals surface area (Å²) in [4.78, 5) is 4.75. The first-order chi connectivity index (χ1) is 10.2. The summed E-state index contributed by atoms with van der Waals surface area (Å²) in [6.45, 7) is 5.67. The average Bonchev–Trinajstić information content (AvgIpc) is 2.98. The minimum absolute atomic E-state index is 0.667. The predicted molar refractivity (Wildman–Crippen MR) is 90.4 cm³/mol. The van der Waals surface area contributed by atoms with E-state index in [1.165, 1.54) is 29.8 Å². The van der Waals surface area contributed by atoms with E-state index in [1.807, 2.05) is 6.07 Å². The monoisotopic (exact) mass is 300 g/mol. The molecule has 1 heterocycles. The molecule has 3 atom stereocenters. The summed E-state index contributed by atoms with van der Waals surface area (Å²) in [7, 11) is 0. The number of hydrogen-bond donors (Lipinski definition) is 1. The van der Waals surface area contributed by atoms with Crippen molar-refractivity contribution in [3.05, 3.63) is 40.7 Å². The Balaban J connectivity index is 1.56. The van der Waals surface area contributed by atoms with Crippen LogP contribution in [0.25, 0.3) is 11.3 Å². The summed E-state index contributed by atoms with van der Waals surface area (Å²) >= 11 is 1.76. The lowest BCUT2D eigenvalue weighted by atomic mass is 9.79. The van der Waals surface area contributed by atoms with Crippen molar-refractivity contribution >= 4 is 11.3 Å². The van der Waals surface area contributed by atoms with Gasteiger partial charge in [-0.15, -0.1) is 11.3 Å². The third-order valence-electron chi connectivity index (χ3n) is 4.76. The molecule has 1 saturated carbocycles. The number of aromatic nitrogens is 1. The van der Waals surface area contributed by atoms with Gasteiger partial charge < -0.3 is 5.32 Å². The molecule has 1 N–H and O–H groups in total. The van der Waals surface area contributed by atoms with Crippen LogP contribution in [-0.2, 0) is 6.54 Å². The molecule has 0 bridgehead atoms. The first kappa shape index (κ1) is 14.7. The van der Waals surface area contributed by atoms with Gasteiger partial charge in [-0.1, -0.05) is 44.2 Å². The Hall–Kier alpha value is -1.19. The molecular weight excluding hydrogens is 276 g/mol. The van der Waals surface area contributed by atoms with Crippen molar-refractivity contribution in [1.29, 1.82) is 0 Å². The minimum Gasteiger partial charge on any atom is -0.308 e. The molecule has 1 aromatic heterocycles. The van der Waals surface area contributed by atoms with Crippen molar-refractivity contribution < 1.29 is 0 Å². The van der Waals surface area contributed by atoms with Gasteiger partial charge in [0.25, 0.3) is 0 Å². The zero-order valence-corrected chi connectivity index (χ0v) is 13.7. The molecular formula is C18H24N2S. The Kier molecular flexibility index (Phi) is 4.71. The van der Waals surface area contributed by atoms with Crippen LogP contribution in [-0.4, -0.2) is 11.0 Å². The van der Waals surface area contributed by atoms with Crippen molar-refractivity contribution in [2.24, 2.45) is 11.8 Å². The highest BCUT2D eigenvalue weighted by Gasteiger charge is 2.24. The summed E-state index contributed by atoms with van der Waals surface area (Å²) in [6, 6.07) is 11.1. The molecule has 0 aliphatic heterocycles. The second-order valence-electron chi connectivity index (χ2n) is 6.34. The first-order valence-electron chi connectivity index (χ1n) is 7.95. The minimum atomic E-state index is 0.667. The molecule has 0 amide bonds. The second-order valence-corrected chi connectivity index (χ2v) is 7.28. The van der Waals surface area contributed by atoms with Crippen molar-refractivity contribution in [2.75, 3.05) is 0 Å². The zero-order valence-electron chi connectivity index (χ0n) is 12.9. The Labute approximate surface area is 131 Å². The smallest absolute Gasteiger partial charge is 0.107 e. The first-order valence-corrected chi connectivity index (χ1v) is 8.83. The molecule has 1 fully saturated rings. The van der Waals surface area contributed by atoms with Crippen molar-refractivity contribution in [2.45, 2.75) is 45.7 Å². The zero-order chi connectivity index (χ0) is 14.7. The number of nitrogens with zero attached hydrogens (tertiary/aromatic N) is 1. The molecule has 2 nitrogen and oxygen atoms in total. The molecule has 0 saturated heterocycles. The van der Waals surface area contributed by atoms with Gasteiger partial charge in [0.1, 0.15) is 5.01 Å². The highest BCUT2D eigenvalue weighted by molar-refractivity contribution is 7.09. The van der Waals surface area contributed by atoms with Crippen molar-refractivity contribution in [3.63, 3.8) is 0 Å². The average molecular weight is 300 g/mol. The SMILES string of the molecule is CC1CCC(NCc2nc(-c3ccccc3)cs2)CC1C. The maximum atomic E-state index is 4.75. The van der Waals surface area contributed by atoms with Gasteiger partial charge in [0.2, 0.25) is 0 Å². The lowest BCUT2D eigenvalue weighted by Gasteiger charge is -2.32. The van der Waals surface area contributed by atoms with Crippen LogP contribution in [0, 0.1) is 11.8 Å². The van der Waals surface area contributed by atoms with E-state index in [1.54, 1.807) is 11.3 Å². The van der Waals surface area contributed by atoms with Gasteiger partial charge >= 0.3 is 0 Å². The largest absolute Gasteiger partial charge is 0.308 e. The number of thiazole rings is 1. The number of benzene rings is 1. The molecule has 21 heavy (non-hydrogen) atoms. The quantitative estimate of drug-likeness (QED) is 0.883. The number of hydrogen-bond acceptors (Lipinski definition) is 3. The van der Waals surface area contributed by atoms with Crippen molar-refractivity contribution in [3.8, 4) is 11.3 Å². The molecule has 3 unspecified atom stereocenters. The fourth-order valence-electron chi connectivity index (χ4n) is 3.10. The lowest BCUT2D eigenvalue weighted by molar-refractivity contribution is 0.225. The third kappa shape index (κ3) is 3.72. The molecule has 1 aliphatic carbocycles. The van der Waals surface area contributed by atoms with Crippen LogP contribution in [0.3, 0.4) is 0 Å². The van der Waals surface area contributed by atoms with Gasteiger partial charge in [-0.2, -0.15) is 0 Å². The molecule has 0 spiro atoms. The van der Waals surface area contributed by atoms with Gasteiger partial charge in [0, 0.05) is 23.5 Å². The van der Waals surface area contributed by atoms with E-state index < -0.39 is 0 Å². The summed E-state index contributed by atoms with van der Waals surface area (Å²) in [5, 5.41) is 7.06. The number of nitrogens with one attached hydrogen (secondary N) is 1. The van der Waals surface area contributed by atoms with E-state index in [0.717, 1.165) is 24.1 Å². The van der Waals surface area contributed by atoms with Gasteiger partial charge in [0.05, 0.1) is 5.69 Å². The Bertz CT molecular complexity index is 564.